The zero-order valence-corrected chi connectivity index (χ0v) is 23.0. The van der Waals surface area contributed by atoms with Crippen LogP contribution in [0.15, 0.2) is 66.9 Å². The molecule has 0 aliphatic carbocycles. The predicted molar refractivity (Wildman–Crippen MR) is 151 cm³/mol. The van der Waals surface area contributed by atoms with Gasteiger partial charge in [-0.1, -0.05) is 50.8 Å². The first-order valence-corrected chi connectivity index (χ1v) is 13.6. The van der Waals surface area contributed by atoms with Crippen molar-refractivity contribution >= 4 is 11.9 Å². The first-order valence-electron chi connectivity index (χ1n) is 13.6. The summed E-state index contributed by atoms with van der Waals surface area (Å²) >= 11 is 0. The molecule has 41 heavy (non-hydrogen) atoms. The zero-order valence-electron chi connectivity index (χ0n) is 23.0. The minimum absolute atomic E-state index is 0.0911. The highest BCUT2D eigenvalue weighted by molar-refractivity contribution is 6.03. The molecule has 2 heterocycles. The molecule has 11 heteroatoms. The number of ether oxygens (including phenoxy) is 1. The van der Waals surface area contributed by atoms with E-state index in [1.165, 1.54) is 54.6 Å². The van der Waals surface area contributed by atoms with E-state index in [0.29, 0.717) is 23.5 Å². The average Bonchev–Trinajstić information content (AvgIpc) is 3.36. The van der Waals surface area contributed by atoms with E-state index >= 15 is 0 Å². The topological polar surface area (TPSA) is 94.0 Å². The molecule has 0 saturated carbocycles. The summed E-state index contributed by atoms with van der Waals surface area (Å²) in [4.78, 5) is 22.0. The smallest absolute Gasteiger partial charge is 0.406 e. The molecule has 2 N–H and O–H groups in total. The first-order chi connectivity index (χ1) is 19.7. The Balaban J connectivity index is 1.49. The number of hydrogen-bond acceptors (Lipinski definition) is 6. The number of nitrogens with one attached hydrogen (secondary N) is 2. The van der Waals surface area contributed by atoms with Gasteiger partial charge in [-0.2, -0.15) is 9.67 Å². The first kappa shape index (κ1) is 29.7. The van der Waals surface area contributed by atoms with Gasteiger partial charge in [-0.25, -0.2) is 0 Å². The Labute approximate surface area is 237 Å². The van der Waals surface area contributed by atoms with Gasteiger partial charge in [-0.05, 0) is 73.5 Å². The van der Waals surface area contributed by atoms with E-state index in [1.807, 2.05) is 25.1 Å². The van der Waals surface area contributed by atoms with Crippen molar-refractivity contribution in [3.8, 4) is 23.0 Å². The van der Waals surface area contributed by atoms with Crippen molar-refractivity contribution in [1.29, 1.82) is 0 Å². The van der Waals surface area contributed by atoms with Gasteiger partial charge in [0.25, 0.3) is 5.91 Å². The van der Waals surface area contributed by atoms with Crippen molar-refractivity contribution in [2.75, 3.05) is 11.9 Å². The number of aryl methyl sites for hydroxylation is 1. The molecule has 0 spiro atoms. The number of pyridine rings is 1. The maximum atomic E-state index is 13.1. The Kier molecular flexibility index (Phi) is 10.1. The number of benzene rings is 2. The van der Waals surface area contributed by atoms with Crippen molar-refractivity contribution < 1.29 is 22.7 Å². The Morgan fingerprint density at radius 2 is 1.71 bits per heavy atom. The summed E-state index contributed by atoms with van der Waals surface area (Å²) in [7, 11) is 0. The van der Waals surface area contributed by atoms with Gasteiger partial charge in [0.15, 0.2) is 0 Å². The van der Waals surface area contributed by atoms with Gasteiger partial charge >= 0.3 is 6.36 Å². The van der Waals surface area contributed by atoms with Crippen LogP contribution in [0.4, 0.5) is 19.1 Å². The highest BCUT2D eigenvalue weighted by atomic mass is 19.4. The standard InChI is InChI=1S/C30H33F3N6O2/c1-3-4-5-6-7-18-34-20-22-10-12-23(13-11-22)28(40)37-29-36-27(26-21(2)9-8-19-35-26)38-39(29)24-14-16-25(17-15-24)41-30(31,32)33/h8-17,19,34H,3-7,18,20H2,1-2H3,(H,36,37,38,40). The number of anilines is 1. The second-order valence-electron chi connectivity index (χ2n) is 9.62. The summed E-state index contributed by atoms with van der Waals surface area (Å²) in [6.07, 6.45) is 2.91. The number of amides is 1. The van der Waals surface area contributed by atoms with Crippen LogP contribution < -0.4 is 15.4 Å². The third-order valence-corrected chi connectivity index (χ3v) is 6.37. The van der Waals surface area contributed by atoms with Gasteiger partial charge in [0.1, 0.15) is 11.4 Å². The molecule has 1 amide bonds. The molecule has 0 aliphatic rings. The van der Waals surface area contributed by atoms with Gasteiger partial charge < -0.3 is 10.1 Å². The van der Waals surface area contributed by atoms with Crippen LogP contribution in [0.2, 0.25) is 0 Å². The summed E-state index contributed by atoms with van der Waals surface area (Å²) in [5.41, 5.74) is 3.19. The minimum atomic E-state index is -4.81. The summed E-state index contributed by atoms with van der Waals surface area (Å²) in [5, 5.41) is 10.7. The molecular weight excluding hydrogens is 533 g/mol. The maximum Gasteiger partial charge on any atom is 0.573 e. The van der Waals surface area contributed by atoms with E-state index in [9.17, 15) is 18.0 Å². The van der Waals surface area contributed by atoms with Gasteiger partial charge in [0, 0.05) is 18.3 Å². The largest absolute Gasteiger partial charge is 0.573 e. The molecule has 4 aromatic rings. The summed E-state index contributed by atoms with van der Waals surface area (Å²) in [6.45, 7) is 5.72. The van der Waals surface area contributed by atoms with Gasteiger partial charge in [0.05, 0.1) is 5.69 Å². The molecule has 2 aromatic carbocycles. The van der Waals surface area contributed by atoms with Crippen LogP contribution in [0.1, 0.15) is 60.5 Å². The minimum Gasteiger partial charge on any atom is -0.406 e. The Hall–Kier alpha value is -4.25. The maximum absolute atomic E-state index is 13.1. The fraction of sp³-hybridized carbons (Fsp3) is 0.333. The van der Waals surface area contributed by atoms with E-state index in [-0.39, 0.29) is 17.5 Å². The van der Waals surface area contributed by atoms with Gasteiger partial charge in [-0.15, -0.1) is 18.3 Å². The van der Waals surface area contributed by atoms with Crippen molar-refractivity contribution in [2.45, 2.75) is 58.9 Å². The monoisotopic (exact) mass is 566 g/mol. The number of carbonyl (C=O) groups is 1. The van der Waals surface area contributed by atoms with Crippen LogP contribution in [0.25, 0.3) is 17.2 Å². The highest BCUT2D eigenvalue weighted by Crippen LogP contribution is 2.26. The molecule has 8 nitrogen and oxygen atoms in total. The van der Waals surface area contributed by atoms with Crippen LogP contribution in [0.5, 0.6) is 5.75 Å². The third-order valence-electron chi connectivity index (χ3n) is 6.37. The normalized spacial score (nSPS) is 11.4. The molecule has 216 valence electrons. The molecule has 0 unspecified atom stereocenters. The van der Waals surface area contributed by atoms with Crippen LogP contribution >= 0.6 is 0 Å². The van der Waals surface area contributed by atoms with Crippen molar-refractivity contribution in [1.82, 2.24) is 25.1 Å². The molecule has 0 saturated heterocycles. The van der Waals surface area contributed by atoms with Crippen molar-refractivity contribution in [3.05, 3.63) is 83.6 Å². The summed E-state index contributed by atoms with van der Waals surface area (Å²) in [5.74, 6) is -0.437. The van der Waals surface area contributed by atoms with E-state index in [1.54, 1.807) is 24.4 Å². The molecule has 0 aliphatic heterocycles. The van der Waals surface area contributed by atoms with E-state index in [0.717, 1.165) is 24.1 Å². The molecule has 0 radical (unpaired) electrons. The lowest BCUT2D eigenvalue weighted by atomic mass is 10.1. The molecule has 0 fully saturated rings. The number of carbonyl (C=O) groups excluding carboxylic acids is 1. The average molecular weight is 567 g/mol. The van der Waals surface area contributed by atoms with E-state index in [2.05, 4.69) is 37.4 Å². The number of aromatic nitrogens is 4. The number of hydrogen-bond donors (Lipinski definition) is 2. The lowest BCUT2D eigenvalue weighted by Crippen LogP contribution is -2.17. The van der Waals surface area contributed by atoms with E-state index < -0.39 is 12.3 Å². The summed E-state index contributed by atoms with van der Waals surface area (Å²) in [6, 6.07) is 16.0. The number of nitrogens with zero attached hydrogens (tertiary/aromatic N) is 4. The van der Waals surface area contributed by atoms with Crippen LogP contribution in [0, 0.1) is 6.92 Å². The number of unbranched alkanes of at least 4 members (excludes halogenated alkanes) is 4. The SMILES string of the molecule is CCCCCCCNCc1ccc(C(=O)Nc2nc(-c3ncccc3C)nn2-c2ccc(OC(F)(F)F)cc2)cc1. The number of alkyl halides is 3. The highest BCUT2D eigenvalue weighted by Gasteiger charge is 2.31. The quantitative estimate of drug-likeness (QED) is 0.172. The van der Waals surface area contributed by atoms with E-state index in [4.69, 9.17) is 0 Å². The molecular formula is C30H33F3N6O2. The fourth-order valence-electron chi connectivity index (χ4n) is 4.22. The van der Waals surface area contributed by atoms with Gasteiger partial charge in [-0.3, -0.25) is 15.1 Å². The molecule has 4 rings (SSSR count). The molecule has 0 atom stereocenters. The summed E-state index contributed by atoms with van der Waals surface area (Å²) < 4.78 is 43.1. The second-order valence-corrected chi connectivity index (χ2v) is 9.62. The Morgan fingerprint density at radius 3 is 2.39 bits per heavy atom. The third kappa shape index (κ3) is 8.62. The number of halogens is 3. The lowest BCUT2D eigenvalue weighted by Gasteiger charge is -2.11. The van der Waals surface area contributed by atoms with Crippen LogP contribution in [0.3, 0.4) is 0 Å². The fourth-order valence-corrected chi connectivity index (χ4v) is 4.22. The molecule has 2 aromatic heterocycles. The van der Waals surface area contributed by atoms with Gasteiger partial charge in [0.2, 0.25) is 11.8 Å². The molecule has 0 bridgehead atoms. The van der Waals surface area contributed by atoms with Crippen molar-refractivity contribution in [2.24, 2.45) is 0 Å². The predicted octanol–water partition coefficient (Wildman–Crippen LogP) is 6.85. The van der Waals surface area contributed by atoms with Crippen LogP contribution in [-0.4, -0.2) is 38.6 Å². The van der Waals surface area contributed by atoms with Crippen molar-refractivity contribution in [3.63, 3.8) is 0 Å². The van der Waals surface area contributed by atoms with Crippen LogP contribution in [-0.2, 0) is 6.54 Å². The second kappa shape index (κ2) is 13.9. The lowest BCUT2D eigenvalue weighted by molar-refractivity contribution is -0.274. The Bertz CT molecular complexity index is 1420. The number of rotatable bonds is 13. The Morgan fingerprint density at radius 1 is 0.976 bits per heavy atom. The zero-order chi connectivity index (χ0) is 29.2.